The second-order valence-electron chi connectivity index (χ2n) is 8.56. The number of benzene rings is 1. The third kappa shape index (κ3) is 4.97. The zero-order valence-corrected chi connectivity index (χ0v) is 19.9. The van der Waals surface area contributed by atoms with Gasteiger partial charge in [0.15, 0.2) is 0 Å². The maximum Gasteiger partial charge on any atom is 0.135 e. The highest BCUT2D eigenvalue weighted by molar-refractivity contribution is 6.30. The second kappa shape index (κ2) is 10.2. The average molecular weight is 443 g/mol. The van der Waals surface area contributed by atoms with Gasteiger partial charge in [0.05, 0.1) is 5.69 Å². The summed E-state index contributed by atoms with van der Waals surface area (Å²) >= 11 is 6.16. The summed E-state index contributed by atoms with van der Waals surface area (Å²) in [6, 6.07) is 8.25. The normalized spacial score (nSPS) is 19.1. The van der Waals surface area contributed by atoms with Gasteiger partial charge in [-0.3, -0.25) is 0 Å². The Labute approximate surface area is 191 Å². The topological polar surface area (TPSA) is 38.7 Å². The van der Waals surface area contributed by atoms with Crippen LogP contribution in [0, 0.1) is 0 Å². The third-order valence-corrected chi connectivity index (χ3v) is 7.05. The number of nitrogens with zero attached hydrogens (tertiary/aromatic N) is 6. The van der Waals surface area contributed by atoms with Crippen molar-refractivity contribution in [1.82, 2.24) is 19.9 Å². The number of piperazine rings is 1. The Balaban J connectivity index is 1.47. The van der Waals surface area contributed by atoms with Crippen LogP contribution < -0.4 is 9.91 Å². The Kier molecular flexibility index (Phi) is 7.31. The Morgan fingerprint density at radius 1 is 1.00 bits per heavy atom. The number of anilines is 2. The quantitative estimate of drug-likeness (QED) is 0.613. The largest absolute Gasteiger partial charge is 0.354 e. The van der Waals surface area contributed by atoms with Crippen molar-refractivity contribution in [2.75, 3.05) is 62.3 Å². The lowest BCUT2D eigenvalue weighted by Gasteiger charge is -2.43. The standard InChI is InChI=1S/C24H35ClN6/c1-4-28(5-2)12-17-31(21-9-7-20(25)8-10-21)30-15-13-29(14-16-30)24-23-19(3)6-11-22(23)26-18-27-24/h7-10,18-19H,4-6,11-17H2,1-3H3/t19-/m1/s1. The highest BCUT2D eigenvalue weighted by Crippen LogP contribution is 2.37. The maximum absolute atomic E-state index is 6.16. The molecule has 1 fully saturated rings. The van der Waals surface area contributed by atoms with Crippen LogP contribution in [0.1, 0.15) is 44.4 Å². The molecule has 31 heavy (non-hydrogen) atoms. The number of hydrogen-bond acceptors (Lipinski definition) is 6. The van der Waals surface area contributed by atoms with E-state index in [1.165, 1.54) is 23.4 Å². The van der Waals surface area contributed by atoms with Crippen molar-refractivity contribution in [3.8, 4) is 0 Å². The molecule has 2 aliphatic rings. The molecule has 0 bridgehead atoms. The smallest absolute Gasteiger partial charge is 0.135 e. The Morgan fingerprint density at radius 2 is 1.71 bits per heavy atom. The van der Waals surface area contributed by atoms with Crippen LogP contribution in [0.25, 0.3) is 0 Å². The van der Waals surface area contributed by atoms with E-state index < -0.39 is 0 Å². The van der Waals surface area contributed by atoms with Gasteiger partial charge < -0.3 is 14.8 Å². The summed E-state index contributed by atoms with van der Waals surface area (Å²) in [5, 5.41) is 5.72. The van der Waals surface area contributed by atoms with Gasteiger partial charge in [0.1, 0.15) is 12.1 Å². The van der Waals surface area contributed by atoms with Crippen LogP contribution in [0.5, 0.6) is 0 Å². The molecule has 4 rings (SSSR count). The Hall–Kier alpha value is -1.89. The van der Waals surface area contributed by atoms with Gasteiger partial charge in [-0.15, -0.1) is 0 Å². The summed E-state index contributed by atoms with van der Waals surface area (Å²) < 4.78 is 0. The van der Waals surface area contributed by atoms with Crippen molar-refractivity contribution in [3.05, 3.63) is 46.9 Å². The predicted octanol–water partition coefficient (Wildman–Crippen LogP) is 4.07. The van der Waals surface area contributed by atoms with Crippen LogP contribution in [-0.4, -0.2) is 72.2 Å². The number of aryl methyl sites for hydroxylation is 1. The lowest BCUT2D eigenvalue weighted by molar-refractivity contribution is 0.215. The molecule has 2 heterocycles. The molecule has 168 valence electrons. The zero-order chi connectivity index (χ0) is 21.8. The van der Waals surface area contributed by atoms with Crippen LogP contribution in [-0.2, 0) is 6.42 Å². The SMILES string of the molecule is CCN(CC)CCN(c1ccc(Cl)cc1)N1CCN(c2ncnc3c2[C@H](C)CC3)CC1. The summed E-state index contributed by atoms with van der Waals surface area (Å²) in [7, 11) is 0. The van der Waals surface area contributed by atoms with E-state index in [1.54, 1.807) is 6.33 Å². The molecule has 0 unspecified atom stereocenters. The fourth-order valence-corrected chi connectivity index (χ4v) is 4.97. The molecule has 1 saturated heterocycles. The van der Waals surface area contributed by atoms with E-state index in [0.717, 1.165) is 69.6 Å². The number of hydrazine groups is 1. The van der Waals surface area contributed by atoms with Crippen LogP contribution in [0.4, 0.5) is 11.5 Å². The first kappa shape index (κ1) is 22.3. The first-order valence-corrected chi connectivity index (χ1v) is 12.1. The van der Waals surface area contributed by atoms with Crippen molar-refractivity contribution in [3.63, 3.8) is 0 Å². The number of halogens is 1. The van der Waals surface area contributed by atoms with E-state index in [4.69, 9.17) is 16.6 Å². The van der Waals surface area contributed by atoms with Gasteiger partial charge in [-0.1, -0.05) is 32.4 Å². The molecular formula is C24H35ClN6. The van der Waals surface area contributed by atoms with Gasteiger partial charge in [-0.25, -0.2) is 15.0 Å². The summed E-state index contributed by atoms with van der Waals surface area (Å²) in [4.78, 5) is 14.2. The van der Waals surface area contributed by atoms with Crippen molar-refractivity contribution in [2.45, 2.75) is 39.5 Å². The van der Waals surface area contributed by atoms with Crippen LogP contribution in [0.2, 0.25) is 5.02 Å². The molecule has 0 spiro atoms. The lowest BCUT2D eigenvalue weighted by atomic mass is 10.1. The van der Waals surface area contributed by atoms with Crippen molar-refractivity contribution in [2.24, 2.45) is 0 Å². The van der Waals surface area contributed by atoms with Crippen molar-refractivity contribution in [1.29, 1.82) is 0 Å². The van der Waals surface area contributed by atoms with Gasteiger partial charge in [-0.05, 0) is 56.1 Å². The molecule has 0 N–H and O–H groups in total. The Morgan fingerprint density at radius 3 is 2.39 bits per heavy atom. The number of hydrogen-bond donors (Lipinski definition) is 0. The minimum atomic E-state index is 0.559. The Bertz CT molecular complexity index is 846. The third-order valence-electron chi connectivity index (χ3n) is 6.80. The van der Waals surface area contributed by atoms with E-state index in [0.29, 0.717) is 5.92 Å². The number of likely N-dealkylation sites (N-methyl/N-ethyl adjacent to an activating group) is 1. The average Bonchev–Trinajstić information content (AvgIpc) is 3.19. The van der Waals surface area contributed by atoms with Crippen molar-refractivity contribution >= 4 is 23.1 Å². The van der Waals surface area contributed by atoms with Gasteiger partial charge in [0.2, 0.25) is 0 Å². The van der Waals surface area contributed by atoms with Gasteiger partial charge in [-0.2, -0.15) is 0 Å². The number of aromatic nitrogens is 2. The molecule has 0 radical (unpaired) electrons. The van der Waals surface area contributed by atoms with E-state index in [1.807, 2.05) is 12.1 Å². The highest BCUT2D eigenvalue weighted by Gasteiger charge is 2.29. The van der Waals surface area contributed by atoms with Crippen LogP contribution in [0.15, 0.2) is 30.6 Å². The zero-order valence-electron chi connectivity index (χ0n) is 19.1. The first-order valence-electron chi connectivity index (χ1n) is 11.7. The molecule has 7 heteroatoms. The van der Waals surface area contributed by atoms with Crippen LogP contribution in [0.3, 0.4) is 0 Å². The molecule has 6 nitrogen and oxygen atoms in total. The second-order valence-corrected chi connectivity index (χ2v) is 9.00. The summed E-state index contributed by atoms with van der Waals surface area (Å²) in [5.41, 5.74) is 3.84. The van der Waals surface area contributed by atoms with Crippen LogP contribution >= 0.6 is 11.6 Å². The molecule has 1 aromatic carbocycles. The van der Waals surface area contributed by atoms with Gasteiger partial charge in [0, 0.05) is 55.5 Å². The molecule has 0 amide bonds. The summed E-state index contributed by atoms with van der Waals surface area (Å²) in [5.74, 6) is 1.72. The number of fused-ring (bicyclic) bond motifs is 1. The van der Waals surface area contributed by atoms with E-state index in [9.17, 15) is 0 Å². The lowest BCUT2D eigenvalue weighted by Crippen LogP contribution is -2.55. The fourth-order valence-electron chi connectivity index (χ4n) is 4.85. The molecule has 1 aliphatic heterocycles. The molecule has 1 atom stereocenters. The van der Waals surface area contributed by atoms with E-state index in [2.05, 4.69) is 57.7 Å². The molecular weight excluding hydrogens is 408 g/mol. The monoisotopic (exact) mass is 442 g/mol. The molecule has 0 saturated carbocycles. The number of rotatable bonds is 8. The fraction of sp³-hybridized carbons (Fsp3) is 0.583. The van der Waals surface area contributed by atoms with Crippen molar-refractivity contribution < 1.29 is 0 Å². The highest BCUT2D eigenvalue weighted by atomic mass is 35.5. The molecule has 1 aliphatic carbocycles. The van der Waals surface area contributed by atoms with E-state index >= 15 is 0 Å². The minimum Gasteiger partial charge on any atom is -0.354 e. The maximum atomic E-state index is 6.16. The van der Waals surface area contributed by atoms with Gasteiger partial charge in [0.25, 0.3) is 0 Å². The first-order chi connectivity index (χ1) is 15.1. The summed E-state index contributed by atoms with van der Waals surface area (Å²) in [6.45, 7) is 14.9. The minimum absolute atomic E-state index is 0.559. The predicted molar refractivity (Wildman–Crippen MR) is 129 cm³/mol. The van der Waals surface area contributed by atoms with Gasteiger partial charge >= 0.3 is 0 Å². The summed E-state index contributed by atoms with van der Waals surface area (Å²) in [6.07, 6.45) is 4.03. The molecule has 1 aromatic heterocycles. The van der Waals surface area contributed by atoms with E-state index in [-0.39, 0.29) is 0 Å². The molecule has 2 aromatic rings.